The summed E-state index contributed by atoms with van der Waals surface area (Å²) in [4.78, 5) is 15.4. The molecule has 1 N–H and O–H groups in total. The number of imidazole rings is 1. The van der Waals surface area contributed by atoms with Crippen LogP contribution in [0.4, 0.5) is 0 Å². The molecule has 0 spiro atoms. The van der Waals surface area contributed by atoms with Crippen LogP contribution in [0.1, 0.15) is 28.3 Å². The molecule has 2 aromatic rings. The fourth-order valence-corrected chi connectivity index (χ4v) is 2.27. The Bertz CT molecular complexity index is 642. The summed E-state index contributed by atoms with van der Waals surface area (Å²) in [6.45, 7) is 7.86. The predicted octanol–water partition coefficient (Wildman–Crippen LogP) is 2.73. The Morgan fingerprint density at radius 3 is 2.47 bits per heavy atom. The van der Waals surface area contributed by atoms with Gasteiger partial charge in [-0.25, -0.2) is 4.98 Å². The zero-order chi connectivity index (χ0) is 14.2. The highest BCUT2D eigenvalue weighted by molar-refractivity contribution is 5.70. The van der Waals surface area contributed by atoms with Gasteiger partial charge in [0.05, 0.1) is 17.8 Å². The van der Waals surface area contributed by atoms with Crippen molar-refractivity contribution in [2.24, 2.45) is 0 Å². The van der Waals surface area contributed by atoms with E-state index in [1.165, 1.54) is 11.1 Å². The molecule has 2 rings (SSSR count). The first-order valence-corrected chi connectivity index (χ1v) is 6.24. The SMILES string of the molecule is Cc1ccc(-n2c(C)nc(C)c2CC(=O)O)cc1C. The highest BCUT2D eigenvalue weighted by Gasteiger charge is 2.16. The quantitative estimate of drug-likeness (QED) is 0.921. The number of aryl methyl sites for hydroxylation is 4. The highest BCUT2D eigenvalue weighted by atomic mass is 16.4. The first-order chi connectivity index (χ1) is 8.90. The minimum atomic E-state index is -0.840. The molecule has 0 aliphatic rings. The van der Waals surface area contributed by atoms with Gasteiger partial charge in [-0.2, -0.15) is 0 Å². The number of rotatable bonds is 3. The predicted molar refractivity (Wildman–Crippen MR) is 73.9 cm³/mol. The smallest absolute Gasteiger partial charge is 0.309 e. The second-order valence-corrected chi connectivity index (χ2v) is 4.87. The molecular formula is C15H18N2O2. The van der Waals surface area contributed by atoms with Crippen molar-refractivity contribution in [2.75, 3.05) is 0 Å². The van der Waals surface area contributed by atoms with Crippen LogP contribution in [-0.4, -0.2) is 20.6 Å². The summed E-state index contributed by atoms with van der Waals surface area (Å²) >= 11 is 0. The minimum absolute atomic E-state index is 0.0143. The summed E-state index contributed by atoms with van der Waals surface area (Å²) in [6.07, 6.45) is -0.0143. The fourth-order valence-electron chi connectivity index (χ4n) is 2.27. The number of aromatic nitrogens is 2. The summed E-state index contributed by atoms with van der Waals surface area (Å²) in [5.74, 6) is -0.0231. The summed E-state index contributed by atoms with van der Waals surface area (Å²) in [5.41, 5.74) is 4.89. The summed E-state index contributed by atoms with van der Waals surface area (Å²) < 4.78 is 1.93. The number of nitrogens with zero attached hydrogens (tertiary/aromatic N) is 2. The number of carboxylic acid groups (broad SMARTS) is 1. The maximum atomic E-state index is 11.0. The molecule has 0 aliphatic carbocycles. The van der Waals surface area contributed by atoms with Crippen LogP contribution < -0.4 is 0 Å². The van der Waals surface area contributed by atoms with Gasteiger partial charge >= 0.3 is 5.97 Å². The van der Waals surface area contributed by atoms with Gasteiger partial charge in [0.1, 0.15) is 5.82 Å². The van der Waals surface area contributed by atoms with E-state index in [9.17, 15) is 4.79 Å². The van der Waals surface area contributed by atoms with E-state index in [2.05, 4.69) is 24.9 Å². The minimum Gasteiger partial charge on any atom is -0.481 e. The van der Waals surface area contributed by atoms with Gasteiger partial charge in [-0.15, -0.1) is 0 Å². The first kappa shape index (κ1) is 13.3. The van der Waals surface area contributed by atoms with E-state index in [0.717, 1.165) is 22.9 Å². The van der Waals surface area contributed by atoms with E-state index in [1.807, 2.05) is 30.5 Å². The number of carboxylic acids is 1. The van der Waals surface area contributed by atoms with Gasteiger partial charge < -0.3 is 9.67 Å². The lowest BCUT2D eigenvalue weighted by Gasteiger charge is -2.11. The van der Waals surface area contributed by atoms with Crippen LogP contribution in [0.3, 0.4) is 0 Å². The Morgan fingerprint density at radius 1 is 1.21 bits per heavy atom. The number of carbonyl (C=O) groups is 1. The molecule has 100 valence electrons. The van der Waals surface area contributed by atoms with Crippen molar-refractivity contribution in [3.63, 3.8) is 0 Å². The third-order valence-electron chi connectivity index (χ3n) is 3.41. The van der Waals surface area contributed by atoms with Gasteiger partial charge in [-0.1, -0.05) is 6.07 Å². The summed E-state index contributed by atoms with van der Waals surface area (Å²) in [7, 11) is 0. The van der Waals surface area contributed by atoms with E-state index < -0.39 is 5.97 Å². The van der Waals surface area contributed by atoms with Crippen LogP contribution in [0.25, 0.3) is 5.69 Å². The largest absolute Gasteiger partial charge is 0.481 e. The number of benzene rings is 1. The van der Waals surface area contributed by atoms with Gasteiger partial charge in [0.2, 0.25) is 0 Å². The van der Waals surface area contributed by atoms with Gasteiger partial charge in [0.25, 0.3) is 0 Å². The van der Waals surface area contributed by atoms with Crippen LogP contribution in [0.2, 0.25) is 0 Å². The maximum Gasteiger partial charge on any atom is 0.309 e. The van der Waals surface area contributed by atoms with Crippen LogP contribution in [0.5, 0.6) is 0 Å². The topological polar surface area (TPSA) is 55.1 Å². The van der Waals surface area contributed by atoms with E-state index >= 15 is 0 Å². The summed E-state index contributed by atoms with van der Waals surface area (Å²) in [5, 5.41) is 9.03. The molecule has 0 bridgehead atoms. The molecule has 4 heteroatoms. The first-order valence-electron chi connectivity index (χ1n) is 6.24. The summed E-state index contributed by atoms with van der Waals surface area (Å²) in [6, 6.07) is 6.11. The van der Waals surface area contributed by atoms with Crippen molar-refractivity contribution >= 4 is 5.97 Å². The molecule has 0 atom stereocenters. The van der Waals surface area contributed by atoms with E-state index in [1.54, 1.807) is 0 Å². The Kier molecular flexibility index (Phi) is 3.42. The number of hydrogen-bond acceptors (Lipinski definition) is 2. The molecular weight excluding hydrogens is 240 g/mol. The average Bonchev–Trinajstić information content (AvgIpc) is 2.57. The highest BCUT2D eigenvalue weighted by Crippen LogP contribution is 2.21. The molecule has 0 amide bonds. The molecule has 19 heavy (non-hydrogen) atoms. The van der Waals surface area contributed by atoms with Crippen molar-refractivity contribution in [3.8, 4) is 5.69 Å². The van der Waals surface area contributed by atoms with Crippen LogP contribution in [-0.2, 0) is 11.2 Å². The zero-order valence-electron chi connectivity index (χ0n) is 11.7. The third kappa shape index (κ3) is 2.52. The molecule has 0 aliphatic heterocycles. The fraction of sp³-hybridized carbons (Fsp3) is 0.333. The van der Waals surface area contributed by atoms with Crippen LogP contribution in [0, 0.1) is 27.7 Å². The Hall–Kier alpha value is -2.10. The van der Waals surface area contributed by atoms with E-state index in [4.69, 9.17) is 5.11 Å². The average molecular weight is 258 g/mol. The molecule has 1 heterocycles. The molecule has 0 radical (unpaired) electrons. The van der Waals surface area contributed by atoms with Crippen LogP contribution >= 0.6 is 0 Å². The van der Waals surface area contributed by atoms with E-state index in [-0.39, 0.29) is 6.42 Å². The number of aliphatic carboxylic acids is 1. The van der Waals surface area contributed by atoms with Crippen molar-refractivity contribution in [1.82, 2.24) is 9.55 Å². The van der Waals surface area contributed by atoms with Gasteiger partial charge in [-0.3, -0.25) is 4.79 Å². The molecule has 4 nitrogen and oxygen atoms in total. The molecule has 1 aromatic carbocycles. The molecule has 1 aromatic heterocycles. The second kappa shape index (κ2) is 4.88. The number of hydrogen-bond donors (Lipinski definition) is 1. The van der Waals surface area contributed by atoms with Crippen molar-refractivity contribution in [1.29, 1.82) is 0 Å². The Labute approximate surface area is 112 Å². The molecule has 0 saturated heterocycles. The van der Waals surface area contributed by atoms with Crippen molar-refractivity contribution < 1.29 is 9.90 Å². The van der Waals surface area contributed by atoms with Gasteiger partial charge in [-0.05, 0) is 51.0 Å². The Morgan fingerprint density at radius 2 is 1.89 bits per heavy atom. The zero-order valence-corrected chi connectivity index (χ0v) is 11.7. The second-order valence-electron chi connectivity index (χ2n) is 4.87. The monoisotopic (exact) mass is 258 g/mol. The molecule has 0 saturated carbocycles. The van der Waals surface area contributed by atoms with E-state index in [0.29, 0.717) is 0 Å². The standard InChI is InChI=1S/C15H18N2O2/c1-9-5-6-13(7-10(9)2)17-12(4)16-11(3)14(17)8-15(18)19/h5-7H,8H2,1-4H3,(H,18,19). The van der Waals surface area contributed by atoms with Crippen molar-refractivity contribution in [2.45, 2.75) is 34.1 Å². The lowest BCUT2D eigenvalue weighted by Crippen LogP contribution is -2.09. The third-order valence-corrected chi connectivity index (χ3v) is 3.41. The lowest BCUT2D eigenvalue weighted by molar-refractivity contribution is -0.136. The maximum absolute atomic E-state index is 11.0. The van der Waals surface area contributed by atoms with Gasteiger partial charge in [0.15, 0.2) is 0 Å². The van der Waals surface area contributed by atoms with Crippen molar-refractivity contribution in [3.05, 3.63) is 46.5 Å². The van der Waals surface area contributed by atoms with Crippen LogP contribution in [0.15, 0.2) is 18.2 Å². The normalized spacial score (nSPS) is 10.7. The molecule has 0 fully saturated rings. The molecule has 0 unspecified atom stereocenters. The Balaban J connectivity index is 2.60. The van der Waals surface area contributed by atoms with Gasteiger partial charge in [0, 0.05) is 5.69 Å². The lowest BCUT2D eigenvalue weighted by atomic mass is 10.1.